The molecule has 8 nitrogen and oxygen atoms in total. The molecular formula is C23H25N3O5. The second-order valence-electron chi connectivity index (χ2n) is 7.61. The van der Waals surface area contributed by atoms with E-state index in [-0.39, 0.29) is 19.3 Å². The Bertz CT molecular complexity index is 994. The summed E-state index contributed by atoms with van der Waals surface area (Å²) in [5.74, 6) is -0.147. The maximum absolute atomic E-state index is 12.9. The van der Waals surface area contributed by atoms with Gasteiger partial charge >= 0.3 is 17.8 Å². The molecule has 2 heterocycles. The van der Waals surface area contributed by atoms with E-state index in [1.54, 1.807) is 14.2 Å². The van der Waals surface area contributed by atoms with Crippen molar-refractivity contribution in [2.75, 3.05) is 27.4 Å². The van der Waals surface area contributed by atoms with Gasteiger partial charge in [0.25, 0.3) is 0 Å². The number of ether oxygens (including phenoxy) is 2. The summed E-state index contributed by atoms with van der Waals surface area (Å²) >= 11 is 0. The van der Waals surface area contributed by atoms with Gasteiger partial charge in [0.1, 0.15) is 11.5 Å². The molecule has 0 unspecified atom stereocenters. The van der Waals surface area contributed by atoms with E-state index in [0.29, 0.717) is 12.3 Å². The molecule has 0 bridgehead atoms. The topological polar surface area (TPSA) is 79.4 Å². The maximum atomic E-state index is 12.9. The highest BCUT2D eigenvalue weighted by molar-refractivity contribution is 6.44. The summed E-state index contributed by atoms with van der Waals surface area (Å²) in [6, 6.07) is 14.1. The number of carbonyl (C=O) groups is 3. The first-order chi connectivity index (χ1) is 15.0. The highest BCUT2D eigenvalue weighted by Gasteiger charge is 2.46. The quantitative estimate of drug-likeness (QED) is 0.503. The Balaban J connectivity index is 1.54. The summed E-state index contributed by atoms with van der Waals surface area (Å²) in [5.41, 5.74) is 1.73. The molecule has 2 fully saturated rings. The van der Waals surface area contributed by atoms with Crippen LogP contribution < -0.4 is 9.47 Å². The number of methoxy groups -OCH3 is 2. The Labute approximate surface area is 180 Å². The molecule has 162 valence electrons. The second kappa shape index (κ2) is 8.77. The lowest BCUT2D eigenvalue weighted by Crippen LogP contribution is -2.42. The third kappa shape index (κ3) is 3.98. The van der Waals surface area contributed by atoms with Gasteiger partial charge < -0.3 is 9.47 Å². The van der Waals surface area contributed by atoms with E-state index in [2.05, 4.69) is 0 Å². The van der Waals surface area contributed by atoms with Gasteiger partial charge in [-0.3, -0.25) is 19.4 Å². The first-order valence-electron chi connectivity index (χ1n) is 10.2. The molecule has 2 aromatic rings. The van der Waals surface area contributed by atoms with Crippen molar-refractivity contribution in [3.05, 3.63) is 59.7 Å². The number of urea groups is 1. The predicted octanol–water partition coefficient (Wildman–Crippen LogP) is 2.79. The van der Waals surface area contributed by atoms with Crippen LogP contribution in [-0.2, 0) is 16.1 Å². The summed E-state index contributed by atoms with van der Waals surface area (Å²) in [7, 11) is 3.21. The molecule has 0 radical (unpaired) electrons. The minimum atomic E-state index is -0.788. The van der Waals surface area contributed by atoms with Gasteiger partial charge in [-0.05, 0) is 36.6 Å². The van der Waals surface area contributed by atoms with Crippen LogP contribution in [0.15, 0.2) is 48.5 Å². The maximum Gasteiger partial charge on any atom is 0.335 e. The van der Waals surface area contributed by atoms with Crippen LogP contribution >= 0.6 is 0 Å². The van der Waals surface area contributed by atoms with Gasteiger partial charge in [-0.1, -0.05) is 30.3 Å². The third-order valence-corrected chi connectivity index (χ3v) is 5.80. The number of amides is 4. The summed E-state index contributed by atoms with van der Waals surface area (Å²) < 4.78 is 10.9. The zero-order chi connectivity index (χ0) is 22.0. The van der Waals surface area contributed by atoms with E-state index >= 15 is 0 Å². The monoisotopic (exact) mass is 423 g/mol. The minimum Gasteiger partial charge on any atom is -0.497 e. The molecule has 0 saturated carbocycles. The average Bonchev–Trinajstić information content (AvgIpc) is 3.34. The number of likely N-dealkylation sites (tertiary alicyclic amines) is 1. The smallest absolute Gasteiger partial charge is 0.335 e. The molecule has 4 rings (SSSR count). The van der Waals surface area contributed by atoms with Gasteiger partial charge in [0.2, 0.25) is 0 Å². The molecule has 1 atom stereocenters. The van der Waals surface area contributed by atoms with Crippen LogP contribution in [0.4, 0.5) is 4.79 Å². The van der Waals surface area contributed by atoms with Gasteiger partial charge in [-0.2, -0.15) is 0 Å². The molecule has 0 spiro atoms. The summed E-state index contributed by atoms with van der Waals surface area (Å²) in [4.78, 5) is 42.1. The molecule has 2 aromatic carbocycles. The SMILES string of the molecule is COc1ccc(OC)c([C@H]2CCCN2CN2C(=O)C(=O)N(Cc3ccccc3)C2=O)c1. The molecule has 0 aliphatic carbocycles. The number of hydrogen-bond donors (Lipinski definition) is 0. The first kappa shape index (κ1) is 20.9. The number of rotatable bonds is 7. The lowest BCUT2D eigenvalue weighted by atomic mass is 10.0. The molecule has 2 aliphatic rings. The molecule has 0 aromatic heterocycles. The van der Waals surface area contributed by atoms with Crippen LogP contribution in [0.3, 0.4) is 0 Å². The highest BCUT2D eigenvalue weighted by Crippen LogP contribution is 2.39. The Hall–Kier alpha value is -3.39. The van der Waals surface area contributed by atoms with Crippen molar-refractivity contribution in [1.29, 1.82) is 0 Å². The highest BCUT2D eigenvalue weighted by atomic mass is 16.5. The van der Waals surface area contributed by atoms with Gasteiger partial charge in [0.05, 0.1) is 27.4 Å². The van der Waals surface area contributed by atoms with Crippen molar-refractivity contribution in [2.24, 2.45) is 0 Å². The molecule has 0 N–H and O–H groups in total. The lowest BCUT2D eigenvalue weighted by molar-refractivity contribution is -0.144. The third-order valence-electron chi connectivity index (χ3n) is 5.80. The van der Waals surface area contributed by atoms with Crippen molar-refractivity contribution in [1.82, 2.24) is 14.7 Å². The number of benzene rings is 2. The number of hydrogen-bond acceptors (Lipinski definition) is 6. The molecular weight excluding hydrogens is 398 g/mol. The van der Waals surface area contributed by atoms with Crippen molar-refractivity contribution >= 4 is 17.8 Å². The van der Waals surface area contributed by atoms with Gasteiger partial charge in [0, 0.05) is 18.2 Å². The largest absolute Gasteiger partial charge is 0.497 e. The van der Waals surface area contributed by atoms with Gasteiger partial charge in [-0.25, -0.2) is 9.69 Å². The fraction of sp³-hybridized carbons (Fsp3) is 0.348. The van der Waals surface area contributed by atoms with E-state index in [1.807, 2.05) is 53.4 Å². The normalized spacial score (nSPS) is 19.4. The van der Waals surface area contributed by atoms with Crippen LogP contribution in [0.1, 0.15) is 30.0 Å². The Morgan fingerprint density at radius 2 is 1.68 bits per heavy atom. The van der Waals surface area contributed by atoms with Crippen LogP contribution in [0.25, 0.3) is 0 Å². The van der Waals surface area contributed by atoms with E-state index in [4.69, 9.17) is 9.47 Å². The van der Waals surface area contributed by atoms with Crippen LogP contribution in [0, 0.1) is 0 Å². The fourth-order valence-corrected chi connectivity index (χ4v) is 4.21. The standard InChI is InChI=1S/C23H25N3O5/c1-30-17-10-11-20(31-2)18(13-17)19-9-6-12-24(19)15-26-22(28)21(27)25(23(26)29)14-16-7-4-3-5-8-16/h3-5,7-8,10-11,13,19H,6,9,12,14-15H2,1-2H3/t19-/m1/s1. The Morgan fingerprint density at radius 1 is 0.935 bits per heavy atom. The molecule has 2 saturated heterocycles. The van der Waals surface area contributed by atoms with Crippen molar-refractivity contribution in [3.8, 4) is 11.5 Å². The molecule has 4 amide bonds. The summed E-state index contributed by atoms with van der Waals surface area (Å²) in [6.07, 6.45) is 1.75. The first-order valence-corrected chi connectivity index (χ1v) is 10.2. The van der Waals surface area contributed by atoms with Crippen LogP contribution in [-0.4, -0.2) is 60.0 Å². The Kier molecular flexibility index (Phi) is 5.90. The summed E-state index contributed by atoms with van der Waals surface area (Å²) in [5, 5.41) is 0. The number of imide groups is 2. The van der Waals surface area contributed by atoms with Gasteiger partial charge in [0.15, 0.2) is 0 Å². The van der Waals surface area contributed by atoms with E-state index < -0.39 is 17.8 Å². The van der Waals surface area contributed by atoms with Crippen molar-refractivity contribution < 1.29 is 23.9 Å². The van der Waals surface area contributed by atoms with Crippen molar-refractivity contribution in [3.63, 3.8) is 0 Å². The molecule has 2 aliphatic heterocycles. The molecule has 8 heteroatoms. The van der Waals surface area contributed by atoms with Gasteiger partial charge in [-0.15, -0.1) is 0 Å². The lowest BCUT2D eigenvalue weighted by Gasteiger charge is -2.29. The second-order valence-corrected chi connectivity index (χ2v) is 7.61. The zero-order valence-corrected chi connectivity index (χ0v) is 17.6. The van der Waals surface area contributed by atoms with E-state index in [1.165, 1.54) is 0 Å². The van der Waals surface area contributed by atoms with Crippen LogP contribution in [0.2, 0.25) is 0 Å². The summed E-state index contributed by atoms with van der Waals surface area (Å²) in [6.45, 7) is 0.836. The number of nitrogens with zero attached hydrogens (tertiary/aromatic N) is 3. The van der Waals surface area contributed by atoms with Crippen molar-refractivity contribution in [2.45, 2.75) is 25.4 Å². The minimum absolute atomic E-state index is 0.0519. The predicted molar refractivity (Wildman–Crippen MR) is 112 cm³/mol. The van der Waals surface area contributed by atoms with E-state index in [0.717, 1.165) is 39.5 Å². The average molecular weight is 423 g/mol. The van der Waals surface area contributed by atoms with Crippen LogP contribution in [0.5, 0.6) is 11.5 Å². The fourth-order valence-electron chi connectivity index (χ4n) is 4.21. The Morgan fingerprint density at radius 3 is 2.39 bits per heavy atom. The number of carbonyl (C=O) groups excluding carboxylic acids is 3. The zero-order valence-electron chi connectivity index (χ0n) is 17.6. The van der Waals surface area contributed by atoms with E-state index in [9.17, 15) is 14.4 Å². The molecule has 31 heavy (non-hydrogen) atoms.